The number of aromatic nitrogens is 4. The lowest BCUT2D eigenvalue weighted by Crippen LogP contribution is -2.30. The van der Waals surface area contributed by atoms with E-state index in [1.165, 1.54) is 11.1 Å². The van der Waals surface area contributed by atoms with Gasteiger partial charge in [-0.15, -0.1) is 0 Å². The Morgan fingerprint density at radius 2 is 1.71 bits per heavy atom. The average molecular weight is 318 g/mol. The number of anilines is 2. The minimum Gasteiger partial charge on any atom is -0.388 e. The lowest BCUT2D eigenvalue weighted by molar-refractivity contribution is 0.728. The van der Waals surface area contributed by atoms with Crippen LogP contribution in [0.25, 0.3) is 11.6 Å². The van der Waals surface area contributed by atoms with Crippen molar-refractivity contribution in [2.24, 2.45) is 0 Å². The lowest BCUT2D eigenvalue weighted by Gasteiger charge is -2.30. The predicted octanol–water partition coefficient (Wildman–Crippen LogP) is 2.54. The van der Waals surface area contributed by atoms with Gasteiger partial charge < -0.3 is 10.2 Å². The number of rotatable bonds is 3. The SMILES string of the molecule is CNc1ccc2c(c1)CN(c1cnc(-c3ncccn3)nc1)CC2. The Bertz CT molecular complexity index is 832. The molecule has 1 N–H and O–H groups in total. The van der Waals surface area contributed by atoms with Gasteiger partial charge in [-0.05, 0) is 35.7 Å². The molecule has 0 unspecified atom stereocenters. The summed E-state index contributed by atoms with van der Waals surface area (Å²) in [6.45, 7) is 1.84. The van der Waals surface area contributed by atoms with Gasteiger partial charge in [0.05, 0.1) is 18.1 Å². The molecule has 1 aliphatic heterocycles. The Morgan fingerprint density at radius 3 is 2.46 bits per heavy atom. The number of benzene rings is 1. The summed E-state index contributed by atoms with van der Waals surface area (Å²) in [6, 6.07) is 8.34. The van der Waals surface area contributed by atoms with Gasteiger partial charge in [-0.1, -0.05) is 6.07 Å². The molecule has 2 aromatic heterocycles. The molecule has 4 rings (SSSR count). The van der Waals surface area contributed by atoms with E-state index in [1.54, 1.807) is 18.5 Å². The van der Waals surface area contributed by atoms with Crippen LogP contribution >= 0.6 is 0 Å². The second-order valence-corrected chi connectivity index (χ2v) is 5.74. The zero-order chi connectivity index (χ0) is 16.4. The molecule has 0 saturated carbocycles. The molecule has 0 aliphatic carbocycles. The highest BCUT2D eigenvalue weighted by Crippen LogP contribution is 2.26. The third kappa shape index (κ3) is 2.78. The van der Waals surface area contributed by atoms with Gasteiger partial charge in [-0.25, -0.2) is 19.9 Å². The molecule has 24 heavy (non-hydrogen) atoms. The summed E-state index contributed by atoms with van der Waals surface area (Å²) in [5, 5.41) is 3.20. The summed E-state index contributed by atoms with van der Waals surface area (Å²) in [5.74, 6) is 1.10. The van der Waals surface area contributed by atoms with E-state index in [-0.39, 0.29) is 0 Å². The number of hydrogen-bond acceptors (Lipinski definition) is 6. The normalized spacial score (nSPS) is 13.5. The molecule has 0 amide bonds. The van der Waals surface area contributed by atoms with Crippen molar-refractivity contribution in [2.75, 3.05) is 23.8 Å². The highest BCUT2D eigenvalue weighted by atomic mass is 15.2. The standard InChI is InChI=1S/C18H18N6/c1-19-15-4-3-13-5-8-24(12-14(13)9-15)16-10-22-18(23-11-16)17-20-6-2-7-21-17/h2-4,6-7,9-11,19H,5,8,12H2,1H3. The van der Waals surface area contributed by atoms with E-state index < -0.39 is 0 Å². The maximum absolute atomic E-state index is 4.42. The van der Waals surface area contributed by atoms with Crippen molar-refractivity contribution < 1.29 is 0 Å². The molecule has 0 atom stereocenters. The maximum atomic E-state index is 4.42. The van der Waals surface area contributed by atoms with E-state index in [0.717, 1.165) is 30.9 Å². The van der Waals surface area contributed by atoms with Crippen molar-refractivity contribution in [1.29, 1.82) is 0 Å². The monoisotopic (exact) mass is 318 g/mol. The average Bonchev–Trinajstić information content (AvgIpc) is 2.68. The van der Waals surface area contributed by atoms with E-state index in [0.29, 0.717) is 11.6 Å². The summed E-state index contributed by atoms with van der Waals surface area (Å²) in [4.78, 5) is 19.5. The van der Waals surface area contributed by atoms with Gasteiger partial charge in [-0.2, -0.15) is 0 Å². The minimum atomic E-state index is 0.548. The van der Waals surface area contributed by atoms with Crippen molar-refractivity contribution in [3.63, 3.8) is 0 Å². The van der Waals surface area contributed by atoms with Crippen LogP contribution in [-0.2, 0) is 13.0 Å². The van der Waals surface area contributed by atoms with E-state index in [9.17, 15) is 0 Å². The Labute approximate surface area is 140 Å². The van der Waals surface area contributed by atoms with Gasteiger partial charge in [0, 0.05) is 38.2 Å². The van der Waals surface area contributed by atoms with Crippen LogP contribution in [0.15, 0.2) is 49.1 Å². The first-order chi connectivity index (χ1) is 11.8. The Hall–Kier alpha value is -3.02. The number of nitrogens with one attached hydrogen (secondary N) is 1. The van der Waals surface area contributed by atoms with Crippen molar-refractivity contribution >= 4 is 11.4 Å². The summed E-state index contributed by atoms with van der Waals surface area (Å²) < 4.78 is 0. The fourth-order valence-corrected chi connectivity index (χ4v) is 2.95. The molecule has 0 fully saturated rings. The van der Waals surface area contributed by atoms with E-state index in [2.05, 4.69) is 48.4 Å². The number of nitrogens with zero attached hydrogens (tertiary/aromatic N) is 5. The molecular formula is C18H18N6. The highest BCUT2D eigenvalue weighted by molar-refractivity contribution is 5.54. The Kier molecular flexibility index (Phi) is 3.78. The van der Waals surface area contributed by atoms with Gasteiger partial charge >= 0.3 is 0 Å². The van der Waals surface area contributed by atoms with Gasteiger partial charge in [0.15, 0.2) is 11.6 Å². The third-order valence-corrected chi connectivity index (χ3v) is 4.28. The molecule has 1 aliphatic rings. The first kappa shape index (κ1) is 14.6. The topological polar surface area (TPSA) is 66.8 Å². The van der Waals surface area contributed by atoms with Gasteiger partial charge in [-0.3, -0.25) is 0 Å². The lowest BCUT2D eigenvalue weighted by atomic mass is 9.99. The minimum absolute atomic E-state index is 0.548. The van der Waals surface area contributed by atoms with Gasteiger partial charge in [0.25, 0.3) is 0 Å². The molecule has 3 heterocycles. The largest absolute Gasteiger partial charge is 0.388 e. The fraction of sp³-hybridized carbons (Fsp3) is 0.222. The zero-order valence-corrected chi connectivity index (χ0v) is 13.5. The van der Waals surface area contributed by atoms with Crippen LogP contribution in [0.4, 0.5) is 11.4 Å². The van der Waals surface area contributed by atoms with Crippen LogP contribution in [0.1, 0.15) is 11.1 Å². The summed E-state index contributed by atoms with van der Waals surface area (Å²) in [6.07, 6.45) is 8.13. The van der Waals surface area contributed by atoms with E-state index in [4.69, 9.17) is 0 Å². The fourth-order valence-electron chi connectivity index (χ4n) is 2.95. The van der Waals surface area contributed by atoms with Crippen LogP contribution < -0.4 is 10.2 Å². The van der Waals surface area contributed by atoms with Crippen LogP contribution in [0.3, 0.4) is 0 Å². The number of fused-ring (bicyclic) bond motifs is 1. The quantitative estimate of drug-likeness (QED) is 0.800. The molecule has 0 radical (unpaired) electrons. The molecule has 0 spiro atoms. The van der Waals surface area contributed by atoms with Gasteiger partial charge in [0.1, 0.15) is 0 Å². The third-order valence-electron chi connectivity index (χ3n) is 4.28. The van der Waals surface area contributed by atoms with E-state index >= 15 is 0 Å². The smallest absolute Gasteiger partial charge is 0.197 e. The van der Waals surface area contributed by atoms with Crippen molar-refractivity contribution in [3.05, 3.63) is 60.2 Å². The van der Waals surface area contributed by atoms with Crippen molar-refractivity contribution in [1.82, 2.24) is 19.9 Å². The van der Waals surface area contributed by atoms with Crippen LogP contribution in [0, 0.1) is 0 Å². The second kappa shape index (κ2) is 6.23. The first-order valence-corrected chi connectivity index (χ1v) is 7.97. The molecule has 120 valence electrons. The molecule has 0 bridgehead atoms. The highest BCUT2D eigenvalue weighted by Gasteiger charge is 2.17. The summed E-state index contributed by atoms with van der Waals surface area (Å²) >= 11 is 0. The molecular weight excluding hydrogens is 300 g/mol. The Balaban J connectivity index is 1.56. The van der Waals surface area contributed by atoms with Crippen LogP contribution in [-0.4, -0.2) is 33.5 Å². The molecule has 3 aromatic rings. The Morgan fingerprint density at radius 1 is 0.958 bits per heavy atom. The predicted molar refractivity (Wildman–Crippen MR) is 93.8 cm³/mol. The maximum Gasteiger partial charge on any atom is 0.197 e. The van der Waals surface area contributed by atoms with E-state index in [1.807, 2.05) is 19.4 Å². The number of hydrogen-bond donors (Lipinski definition) is 1. The second-order valence-electron chi connectivity index (χ2n) is 5.74. The molecule has 1 aromatic carbocycles. The zero-order valence-electron chi connectivity index (χ0n) is 13.5. The molecule has 6 heteroatoms. The molecule has 0 saturated heterocycles. The summed E-state index contributed by atoms with van der Waals surface area (Å²) in [5.41, 5.74) is 4.93. The first-order valence-electron chi connectivity index (χ1n) is 7.97. The van der Waals surface area contributed by atoms with Crippen molar-refractivity contribution in [2.45, 2.75) is 13.0 Å². The molecule has 6 nitrogen and oxygen atoms in total. The summed E-state index contributed by atoms with van der Waals surface area (Å²) in [7, 11) is 1.94. The van der Waals surface area contributed by atoms with Crippen LogP contribution in [0.5, 0.6) is 0 Å². The van der Waals surface area contributed by atoms with Crippen LogP contribution in [0.2, 0.25) is 0 Å². The van der Waals surface area contributed by atoms with Gasteiger partial charge in [0.2, 0.25) is 0 Å². The van der Waals surface area contributed by atoms with Crippen molar-refractivity contribution in [3.8, 4) is 11.6 Å².